The van der Waals surface area contributed by atoms with Gasteiger partial charge in [-0.1, -0.05) is 36.8 Å². The predicted octanol–water partition coefficient (Wildman–Crippen LogP) is 3.37. The highest BCUT2D eigenvalue weighted by molar-refractivity contribution is 5.79. The number of benzene rings is 1. The van der Waals surface area contributed by atoms with E-state index in [0.717, 1.165) is 37.7 Å². The van der Waals surface area contributed by atoms with E-state index in [1.807, 2.05) is 18.3 Å². The number of nitrogens with zero attached hydrogens (tertiary/aromatic N) is 3. The average Bonchev–Trinajstić information content (AvgIpc) is 2.74. The fourth-order valence-electron chi connectivity index (χ4n) is 3.49. The lowest BCUT2D eigenvalue weighted by Gasteiger charge is -2.26. The van der Waals surface area contributed by atoms with Crippen LogP contribution in [-0.4, -0.2) is 42.0 Å². The lowest BCUT2D eigenvalue weighted by atomic mass is 10.1. The van der Waals surface area contributed by atoms with Gasteiger partial charge < -0.3 is 10.6 Å². The Balaban J connectivity index is 1.47. The van der Waals surface area contributed by atoms with E-state index in [-0.39, 0.29) is 0 Å². The van der Waals surface area contributed by atoms with Crippen LogP contribution in [0.5, 0.6) is 0 Å². The second-order valence-corrected chi connectivity index (χ2v) is 7.35. The summed E-state index contributed by atoms with van der Waals surface area (Å²) in [6.45, 7) is 7.99. The molecule has 28 heavy (non-hydrogen) atoms. The number of hydrogen-bond donors (Lipinski definition) is 2. The number of likely N-dealkylation sites (tertiary alicyclic amines) is 1. The van der Waals surface area contributed by atoms with Crippen LogP contribution in [0.4, 0.5) is 0 Å². The van der Waals surface area contributed by atoms with Crippen molar-refractivity contribution in [3.63, 3.8) is 0 Å². The van der Waals surface area contributed by atoms with E-state index < -0.39 is 0 Å². The molecular weight excluding hydrogens is 346 g/mol. The van der Waals surface area contributed by atoms with Gasteiger partial charge in [-0.3, -0.25) is 9.88 Å². The van der Waals surface area contributed by atoms with Crippen LogP contribution in [0.1, 0.15) is 43.0 Å². The minimum absolute atomic E-state index is 0.683. The number of pyridine rings is 1. The van der Waals surface area contributed by atoms with Crippen LogP contribution >= 0.6 is 0 Å². The third-order valence-electron chi connectivity index (χ3n) is 5.04. The summed E-state index contributed by atoms with van der Waals surface area (Å²) in [6, 6.07) is 14.9. The number of nitrogens with one attached hydrogen (secondary N) is 2. The number of aliphatic imine (C=N–C) groups is 1. The summed E-state index contributed by atoms with van der Waals surface area (Å²) in [6.07, 6.45) is 6.79. The van der Waals surface area contributed by atoms with Crippen molar-refractivity contribution >= 4 is 5.96 Å². The monoisotopic (exact) mass is 379 g/mol. The number of aromatic nitrogens is 1. The molecule has 0 unspecified atom stereocenters. The van der Waals surface area contributed by atoms with Crippen LogP contribution in [0.15, 0.2) is 53.7 Å². The lowest BCUT2D eigenvalue weighted by Crippen LogP contribution is -2.38. The second kappa shape index (κ2) is 11.4. The molecule has 0 bridgehead atoms. The molecule has 2 aromatic rings. The van der Waals surface area contributed by atoms with Crippen molar-refractivity contribution in [2.75, 3.05) is 26.2 Å². The van der Waals surface area contributed by atoms with Gasteiger partial charge in [-0.25, -0.2) is 4.99 Å². The largest absolute Gasteiger partial charge is 0.357 e. The molecule has 1 aromatic carbocycles. The zero-order valence-electron chi connectivity index (χ0n) is 17.0. The second-order valence-electron chi connectivity index (χ2n) is 7.35. The van der Waals surface area contributed by atoms with E-state index >= 15 is 0 Å². The first kappa shape index (κ1) is 20.3. The Morgan fingerprint density at radius 1 is 1.00 bits per heavy atom. The Labute approximate surface area is 169 Å². The van der Waals surface area contributed by atoms with Crippen molar-refractivity contribution in [3.05, 3.63) is 65.5 Å². The molecule has 0 aliphatic carbocycles. The highest BCUT2D eigenvalue weighted by Crippen LogP contribution is 2.14. The van der Waals surface area contributed by atoms with E-state index in [9.17, 15) is 0 Å². The standard InChI is InChI=1S/C23H33N5/c1-2-24-23(26-15-13-22-8-4-5-14-25-22)27-18-20-9-11-21(12-10-20)19-28-16-6-3-7-17-28/h4-5,8-12,14H,2-3,6-7,13,15-19H2,1H3,(H2,24,26,27). The summed E-state index contributed by atoms with van der Waals surface area (Å²) in [5.41, 5.74) is 3.73. The molecular formula is C23H33N5. The Hall–Kier alpha value is -2.40. The van der Waals surface area contributed by atoms with E-state index in [1.165, 1.54) is 43.5 Å². The smallest absolute Gasteiger partial charge is 0.191 e. The molecule has 1 aliphatic heterocycles. The molecule has 0 amide bonds. The third-order valence-corrected chi connectivity index (χ3v) is 5.04. The highest BCUT2D eigenvalue weighted by atomic mass is 15.2. The quantitative estimate of drug-likeness (QED) is 0.545. The van der Waals surface area contributed by atoms with Gasteiger partial charge in [-0.2, -0.15) is 0 Å². The minimum Gasteiger partial charge on any atom is -0.357 e. The first-order chi connectivity index (χ1) is 13.8. The fraction of sp³-hybridized carbons (Fsp3) is 0.478. The van der Waals surface area contributed by atoms with Gasteiger partial charge in [0.25, 0.3) is 0 Å². The summed E-state index contributed by atoms with van der Waals surface area (Å²) in [5.74, 6) is 0.857. The van der Waals surface area contributed by atoms with Gasteiger partial charge >= 0.3 is 0 Å². The Bertz CT molecular complexity index is 706. The van der Waals surface area contributed by atoms with Crippen LogP contribution in [0.3, 0.4) is 0 Å². The molecule has 0 atom stereocenters. The van der Waals surface area contributed by atoms with Gasteiger partial charge in [-0.15, -0.1) is 0 Å². The molecule has 0 saturated carbocycles. The SMILES string of the molecule is CCNC(=NCc1ccc(CN2CCCCC2)cc1)NCCc1ccccn1. The molecule has 1 saturated heterocycles. The van der Waals surface area contributed by atoms with E-state index in [2.05, 4.69) is 57.8 Å². The van der Waals surface area contributed by atoms with Crippen LogP contribution < -0.4 is 10.6 Å². The molecule has 1 aliphatic rings. The lowest BCUT2D eigenvalue weighted by molar-refractivity contribution is 0.221. The van der Waals surface area contributed by atoms with Gasteiger partial charge in [0.1, 0.15) is 0 Å². The number of piperidine rings is 1. The van der Waals surface area contributed by atoms with Crippen molar-refractivity contribution < 1.29 is 0 Å². The normalized spacial score (nSPS) is 15.4. The van der Waals surface area contributed by atoms with E-state index in [4.69, 9.17) is 4.99 Å². The zero-order valence-corrected chi connectivity index (χ0v) is 17.0. The summed E-state index contributed by atoms with van der Waals surface area (Å²) in [5, 5.41) is 6.71. The molecule has 2 heterocycles. The van der Waals surface area contributed by atoms with Crippen molar-refractivity contribution in [1.82, 2.24) is 20.5 Å². The summed E-state index contributed by atoms with van der Waals surface area (Å²) in [4.78, 5) is 11.6. The predicted molar refractivity (Wildman–Crippen MR) is 116 cm³/mol. The van der Waals surface area contributed by atoms with Gasteiger partial charge in [0.2, 0.25) is 0 Å². The first-order valence-corrected chi connectivity index (χ1v) is 10.6. The molecule has 3 rings (SSSR count). The molecule has 1 aromatic heterocycles. The Morgan fingerprint density at radius 2 is 1.79 bits per heavy atom. The van der Waals surface area contributed by atoms with Gasteiger partial charge in [0, 0.05) is 37.9 Å². The van der Waals surface area contributed by atoms with Gasteiger partial charge in [0.15, 0.2) is 5.96 Å². The molecule has 1 fully saturated rings. The topological polar surface area (TPSA) is 52.6 Å². The summed E-state index contributed by atoms with van der Waals surface area (Å²) >= 11 is 0. The molecule has 5 heteroatoms. The zero-order chi connectivity index (χ0) is 19.4. The maximum atomic E-state index is 4.72. The fourth-order valence-corrected chi connectivity index (χ4v) is 3.49. The van der Waals surface area contributed by atoms with Crippen molar-refractivity contribution in [2.24, 2.45) is 4.99 Å². The maximum Gasteiger partial charge on any atom is 0.191 e. The van der Waals surface area contributed by atoms with Crippen molar-refractivity contribution in [1.29, 1.82) is 0 Å². The summed E-state index contributed by atoms with van der Waals surface area (Å²) < 4.78 is 0. The van der Waals surface area contributed by atoms with E-state index in [1.54, 1.807) is 0 Å². The Kier molecular flexibility index (Phi) is 8.31. The van der Waals surface area contributed by atoms with Crippen LogP contribution in [0.25, 0.3) is 0 Å². The van der Waals surface area contributed by atoms with Crippen LogP contribution in [-0.2, 0) is 19.5 Å². The number of hydrogen-bond acceptors (Lipinski definition) is 3. The van der Waals surface area contributed by atoms with Crippen LogP contribution in [0, 0.1) is 0 Å². The number of guanidine groups is 1. The molecule has 0 spiro atoms. The van der Waals surface area contributed by atoms with Crippen molar-refractivity contribution in [2.45, 2.75) is 45.7 Å². The summed E-state index contributed by atoms with van der Waals surface area (Å²) in [7, 11) is 0. The molecule has 2 N–H and O–H groups in total. The van der Waals surface area contributed by atoms with Gasteiger partial charge in [-0.05, 0) is 56.1 Å². The molecule has 5 nitrogen and oxygen atoms in total. The van der Waals surface area contributed by atoms with E-state index in [0.29, 0.717) is 6.54 Å². The van der Waals surface area contributed by atoms with Crippen LogP contribution in [0.2, 0.25) is 0 Å². The average molecular weight is 380 g/mol. The first-order valence-electron chi connectivity index (χ1n) is 10.6. The van der Waals surface area contributed by atoms with Gasteiger partial charge in [0.05, 0.1) is 6.54 Å². The van der Waals surface area contributed by atoms with Crippen molar-refractivity contribution in [3.8, 4) is 0 Å². The molecule has 150 valence electrons. The highest BCUT2D eigenvalue weighted by Gasteiger charge is 2.10. The maximum absolute atomic E-state index is 4.72. The Morgan fingerprint density at radius 3 is 2.50 bits per heavy atom. The third kappa shape index (κ3) is 6.97. The number of rotatable bonds is 8. The molecule has 0 radical (unpaired) electrons. The minimum atomic E-state index is 0.683.